The molecular formula is C7H9N2O4. The van der Waals surface area contributed by atoms with Crippen molar-refractivity contribution in [2.24, 2.45) is 4.99 Å². The van der Waals surface area contributed by atoms with Crippen molar-refractivity contribution in [1.82, 2.24) is 0 Å². The molecule has 13 heavy (non-hydrogen) atoms. The molecule has 1 aliphatic heterocycles. The second-order valence-electron chi connectivity index (χ2n) is 1.47. The Morgan fingerprint density at radius 1 is 1.85 bits per heavy atom. The maximum absolute atomic E-state index is 9.25. The monoisotopic (exact) mass is 185 g/mol. The molecule has 0 atom stereocenters. The van der Waals surface area contributed by atoms with E-state index in [0.29, 0.717) is 0 Å². The highest BCUT2D eigenvalue weighted by Crippen LogP contribution is 1.78. The number of nitrogens with one attached hydrogen (secondary N) is 1. The van der Waals surface area contributed by atoms with Crippen molar-refractivity contribution in [2.45, 2.75) is 0 Å². The Hall–Kier alpha value is -1.94. The number of aliphatic imine (C=N–C) groups is 1. The lowest BCUT2D eigenvalue weighted by atomic mass is 10.7. The predicted molar refractivity (Wildman–Crippen MR) is 44.5 cm³/mol. The molecule has 0 aliphatic carbocycles. The summed E-state index contributed by atoms with van der Waals surface area (Å²) in [6.45, 7) is 4.47. The van der Waals surface area contributed by atoms with Gasteiger partial charge < -0.3 is 9.84 Å². The molecule has 1 heterocycles. The van der Waals surface area contributed by atoms with Gasteiger partial charge in [-0.25, -0.2) is 20.0 Å². The van der Waals surface area contributed by atoms with E-state index in [-0.39, 0.29) is 0 Å². The van der Waals surface area contributed by atoms with Crippen molar-refractivity contribution < 1.29 is 19.4 Å². The summed E-state index contributed by atoms with van der Waals surface area (Å²) in [6.07, 6.45) is 3.93. The standard InChI is InChI=1S/C3H4NO.C3H4O2.CHNO/c1-2-5-3-4-1;1-2-3(4)5;2-1-3/h1-2H2;2H,1H2,(H,4,5);2H. The number of carbonyl (C=O) groups is 1. The fraction of sp³-hybridized carbons (Fsp3) is 0.286. The first-order valence-corrected chi connectivity index (χ1v) is 3.11. The van der Waals surface area contributed by atoms with Crippen molar-refractivity contribution in [3.8, 4) is 0 Å². The fourth-order valence-electron chi connectivity index (χ4n) is 0.228. The van der Waals surface area contributed by atoms with Crippen molar-refractivity contribution in [1.29, 1.82) is 5.41 Å². The van der Waals surface area contributed by atoms with Crippen LogP contribution in [0.15, 0.2) is 17.6 Å². The number of rotatable bonds is 1. The van der Waals surface area contributed by atoms with Crippen LogP contribution in [0.2, 0.25) is 0 Å². The maximum atomic E-state index is 9.25. The number of isocyanates is 1. The summed E-state index contributed by atoms with van der Waals surface area (Å²) in [5.74, 6) is -0.981. The third kappa shape index (κ3) is 25.5. The highest BCUT2D eigenvalue weighted by atomic mass is 16.5. The molecule has 0 aromatic carbocycles. The summed E-state index contributed by atoms with van der Waals surface area (Å²) in [5, 5.41) is 13.0. The van der Waals surface area contributed by atoms with Gasteiger partial charge in [0.05, 0.1) is 6.54 Å². The van der Waals surface area contributed by atoms with Gasteiger partial charge in [-0.2, -0.15) is 0 Å². The van der Waals surface area contributed by atoms with Gasteiger partial charge in [-0.3, -0.25) is 0 Å². The number of carboxylic acid groups (broad SMARTS) is 1. The predicted octanol–water partition coefficient (Wildman–Crippen LogP) is 0.0799. The number of ether oxygens (including phenoxy) is 1. The number of hydrogen-bond donors (Lipinski definition) is 2. The molecule has 0 aromatic rings. The molecule has 0 saturated heterocycles. The van der Waals surface area contributed by atoms with Crippen LogP contribution in [0.1, 0.15) is 0 Å². The summed E-state index contributed by atoms with van der Waals surface area (Å²) in [7, 11) is 0. The molecule has 0 saturated carbocycles. The molecule has 0 spiro atoms. The first-order chi connectivity index (χ1) is 6.18. The van der Waals surface area contributed by atoms with Crippen LogP contribution in [0.25, 0.3) is 0 Å². The van der Waals surface area contributed by atoms with E-state index in [1.807, 2.05) is 0 Å². The Morgan fingerprint density at radius 3 is 2.38 bits per heavy atom. The third-order valence-electron chi connectivity index (χ3n) is 0.609. The highest BCUT2D eigenvalue weighted by Gasteiger charge is 1.86. The summed E-state index contributed by atoms with van der Waals surface area (Å²) >= 11 is 0. The van der Waals surface area contributed by atoms with Gasteiger partial charge in [-0.15, -0.1) is 0 Å². The Balaban J connectivity index is 0. The largest absolute Gasteiger partial charge is 0.478 e. The fourth-order valence-corrected chi connectivity index (χ4v) is 0.228. The minimum atomic E-state index is -0.981. The molecule has 2 N–H and O–H groups in total. The highest BCUT2D eigenvalue weighted by molar-refractivity contribution is 5.78. The number of carboxylic acids is 1. The van der Waals surface area contributed by atoms with Crippen LogP contribution in [0.5, 0.6) is 0 Å². The van der Waals surface area contributed by atoms with Gasteiger partial charge in [-0.1, -0.05) is 6.58 Å². The Bertz CT molecular complexity index is 201. The number of hydrogen-bond acceptors (Lipinski definition) is 5. The summed E-state index contributed by atoms with van der Waals surface area (Å²) in [5.41, 5.74) is 0. The molecule has 71 valence electrons. The van der Waals surface area contributed by atoms with Crippen molar-refractivity contribution in [3.63, 3.8) is 0 Å². The van der Waals surface area contributed by atoms with E-state index < -0.39 is 5.97 Å². The van der Waals surface area contributed by atoms with E-state index in [1.54, 1.807) is 0 Å². The molecule has 1 radical (unpaired) electrons. The smallest absolute Gasteiger partial charge is 0.327 e. The molecule has 6 nitrogen and oxygen atoms in total. The van der Waals surface area contributed by atoms with Crippen LogP contribution in [-0.4, -0.2) is 36.7 Å². The molecule has 1 rings (SSSR count). The average Bonchev–Trinajstić information content (AvgIpc) is 2.62. The van der Waals surface area contributed by atoms with Gasteiger partial charge in [0.15, 0.2) is 0 Å². The average molecular weight is 185 g/mol. The minimum Gasteiger partial charge on any atom is -0.478 e. The van der Waals surface area contributed by atoms with E-state index >= 15 is 0 Å². The summed E-state index contributed by atoms with van der Waals surface area (Å²) in [6, 6.07) is 0. The van der Waals surface area contributed by atoms with Crippen LogP contribution >= 0.6 is 0 Å². The lowest BCUT2D eigenvalue weighted by Crippen LogP contribution is -1.82. The van der Waals surface area contributed by atoms with Crippen LogP contribution in [-0.2, 0) is 14.3 Å². The topological polar surface area (TPSA) is 99.8 Å². The van der Waals surface area contributed by atoms with Gasteiger partial charge in [0.2, 0.25) is 6.08 Å². The molecule has 0 unspecified atom stereocenters. The molecule has 0 aromatic heterocycles. The van der Waals surface area contributed by atoms with E-state index in [9.17, 15) is 4.79 Å². The minimum absolute atomic E-state index is 0.722. The molecule has 0 amide bonds. The number of carbonyl (C=O) groups excluding carboxylic acids is 1. The van der Waals surface area contributed by atoms with Crippen LogP contribution in [0.4, 0.5) is 0 Å². The molecule has 0 bridgehead atoms. The van der Waals surface area contributed by atoms with Gasteiger partial charge in [0.25, 0.3) is 6.40 Å². The lowest BCUT2D eigenvalue weighted by molar-refractivity contribution is -0.131. The van der Waals surface area contributed by atoms with Gasteiger partial charge in [0, 0.05) is 6.08 Å². The zero-order valence-corrected chi connectivity index (χ0v) is 6.82. The quantitative estimate of drug-likeness (QED) is 0.343. The van der Waals surface area contributed by atoms with E-state index in [4.69, 9.17) is 15.3 Å². The lowest BCUT2D eigenvalue weighted by Gasteiger charge is -1.74. The maximum Gasteiger partial charge on any atom is 0.327 e. The van der Waals surface area contributed by atoms with Crippen molar-refractivity contribution in [3.05, 3.63) is 12.7 Å². The van der Waals surface area contributed by atoms with Crippen LogP contribution < -0.4 is 0 Å². The number of nitrogens with zero attached hydrogens (tertiary/aromatic N) is 1. The molecule has 0 fully saturated rings. The van der Waals surface area contributed by atoms with E-state index in [1.165, 1.54) is 0 Å². The van der Waals surface area contributed by atoms with E-state index in [0.717, 1.165) is 25.3 Å². The summed E-state index contributed by atoms with van der Waals surface area (Å²) < 4.78 is 4.53. The summed E-state index contributed by atoms with van der Waals surface area (Å²) in [4.78, 5) is 21.2. The zero-order chi connectivity index (χ0) is 10.5. The van der Waals surface area contributed by atoms with Gasteiger partial charge >= 0.3 is 5.97 Å². The molecule has 6 heteroatoms. The van der Waals surface area contributed by atoms with Gasteiger partial charge in [-0.05, 0) is 0 Å². The first-order valence-electron chi connectivity index (χ1n) is 3.11. The van der Waals surface area contributed by atoms with E-state index in [2.05, 4.69) is 22.7 Å². The third-order valence-corrected chi connectivity index (χ3v) is 0.609. The Morgan fingerprint density at radius 2 is 2.31 bits per heavy atom. The normalized spacial score (nSPS) is 10.5. The second kappa shape index (κ2) is 12.7. The Kier molecular flexibility index (Phi) is 13.3. The van der Waals surface area contributed by atoms with Gasteiger partial charge in [0.1, 0.15) is 6.61 Å². The SMILES string of the molecule is C=CC(=O)O.N=C=O.[C]1=NCCO1. The molecule has 1 aliphatic rings. The van der Waals surface area contributed by atoms with Crippen LogP contribution in [0, 0.1) is 5.41 Å². The van der Waals surface area contributed by atoms with Crippen molar-refractivity contribution >= 4 is 18.4 Å². The van der Waals surface area contributed by atoms with Crippen molar-refractivity contribution in [2.75, 3.05) is 13.2 Å². The zero-order valence-electron chi connectivity index (χ0n) is 6.82. The molecular weight excluding hydrogens is 176 g/mol. The Labute approximate surface area is 75.1 Å². The first kappa shape index (κ1) is 13.6. The second-order valence-corrected chi connectivity index (χ2v) is 1.47. The number of aliphatic carboxylic acids is 1. The van der Waals surface area contributed by atoms with Crippen LogP contribution in [0.3, 0.4) is 0 Å².